The zero-order chi connectivity index (χ0) is 22.2. The van der Waals surface area contributed by atoms with Crippen molar-refractivity contribution in [3.05, 3.63) is 71.3 Å². The zero-order valence-electron chi connectivity index (χ0n) is 18.4. The van der Waals surface area contributed by atoms with E-state index in [0.717, 1.165) is 43.6 Å². The molecule has 6 nitrogen and oxygen atoms in total. The molecular weight excluding hydrogens is 392 g/mol. The molecule has 2 aromatic carbocycles. The fourth-order valence-corrected chi connectivity index (χ4v) is 3.86. The first-order valence-electron chi connectivity index (χ1n) is 10.7. The first-order valence-corrected chi connectivity index (χ1v) is 10.7. The number of allylic oxidation sites excluding steroid dienone is 1. The van der Waals surface area contributed by atoms with Crippen LogP contribution in [0.15, 0.2) is 49.1 Å². The van der Waals surface area contributed by atoms with Crippen LogP contribution in [0.3, 0.4) is 0 Å². The van der Waals surface area contributed by atoms with Crippen LogP contribution in [0.4, 0.5) is 0 Å². The molecule has 2 N–H and O–H groups in total. The van der Waals surface area contributed by atoms with Crippen molar-refractivity contribution < 1.29 is 19.4 Å². The van der Waals surface area contributed by atoms with Crippen LogP contribution in [0.25, 0.3) is 0 Å². The Hall–Kier alpha value is -2.83. The van der Waals surface area contributed by atoms with Gasteiger partial charge in [0.05, 0.1) is 20.3 Å². The highest BCUT2D eigenvalue weighted by Crippen LogP contribution is 2.33. The number of ether oxygens (including phenoxy) is 2. The van der Waals surface area contributed by atoms with Crippen molar-refractivity contribution in [1.29, 1.82) is 0 Å². The van der Waals surface area contributed by atoms with Crippen LogP contribution in [-0.2, 0) is 19.5 Å². The molecule has 1 heterocycles. The van der Waals surface area contributed by atoms with Crippen LogP contribution < -0.4 is 14.8 Å². The van der Waals surface area contributed by atoms with Crippen LogP contribution in [-0.4, -0.2) is 49.3 Å². The second-order valence-electron chi connectivity index (χ2n) is 7.87. The van der Waals surface area contributed by atoms with Crippen molar-refractivity contribution in [2.24, 2.45) is 0 Å². The van der Waals surface area contributed by atoms with Crippen molar-refractivity contribution in [3.8, 4) is 11.5 Å². The lowest BCUT2D eigenvalue weighted by Crippen LogP contribution is -2.35. The molecule has 0 saturated carbocycles. The van der Waals surface area contributed by atoms with Crippen molar-refractivity contribution in [3.63, 3.8) is 0 Å². The quantitative estimate of drug-likeness (QED) is 0.605. The lowest BCUT2D eigenvalue weighted by Gasteiger charge is -2.29. The molecule has 0 radical (unpaired) electrons. The number of piperidine rings is 1. The number of nitrogens with zero attached hydrogens (tertiary/aromatic N) is 1. The van der Waals surface area contributed by atoms with E-state index in [1.165, 1.54) is 5.56 Å². The molecular formula is C25H32N2O4. The summed E-state index contributed by atoms with van der Waals surface area (Å²) in [7, 11) is 3.15. The van der Waals surface area contributed by atoms with Gasteiger partial charge in [-0.05, 0) is 42.5 Å². The minimum absolute atomic E-state index is 0.152. The molecule has 1 saturated heterocycles. The highest BCUT2D eigenvalue weighted by Gasteiger charge is 2.17. The number of likely N-dealkylation sites (tertiary alicyclic amines) is 1. The predicted molar refractivity (Wildman–Crippen MR) is 122 cm³/mol. The standard InChI is InChI=1S/C25H32N2O4/c1-4-5-20-14-21(15-23(30-2)24(20)31-3)25(29)26-16-18-6-8-19(9-7-18)17-27-12-10-22(28)11-13-27/h4,6-9,14-15,22,28H,1,5,10-13,16-17H2,2-3H3,(H,26,29). The van der Waals surface area contributed by atoms with Crippen molar-refractivity contribution in [2.45, 2.75) is 38.5 Å². The minimum atomic E-state index is -0.165. The normalized spacial score (nSPS) is 14.8. The summed E-state index contributed by atoms with van der Waals surface area (Å²) < 4.78 is 10.8. The highest BCUT2D eigenvalue weighted by molar-refractivity contribution is 5.95. The minimum Gasteiger partial charge on any atom is -0.493 e. The van der Waals surface area contributed by atoms with Crippen molar-refractivity contribution >= 4 is 5.91 Å². The van der Waals surface area contributed by atoms with Gasteiger partial charge in [-0.3, -0.25) is 9.69 Å². The Morgan fingerprint density at radius 3 is 2.45 bits per heavy atom. The summed E-state index contributed by atoms with van der Waals surface area (Å²) in [5.74, 6) is 0.988. The van der Waals surface area contributed by atoms with E-state index in [4.69, 9.17) is 9.47 Å². The molecule has 0 spiro atoms. The second kappa shape index (κ2) is 11.0. The van der Waals surface area contributed by atoms with Gasteiger partial charge in [0.2, 0.25) is 0 Å². The number of amides is 1. The number of aliphatic hydroxyl groups is 1. The average Bonchev–Trinajstić information content (AvgIpc) is 2.79. The summed E-state index contributed by atoms with van der Waals surface area (Å²) in [5.41, 5.74) is 3.66. The number of rotatable bonds is 9. The fraction of sp³-hybridized carbons (Fsp3) is 0.400. The van der Waals surface area contributed by atoms with Gasteiger partial charge in [-0.2, -0.15) is 0 Å². The maximum absolute atomic E-state index is 12.7. The lowest BCUT2D eigenvalue weighted by molar-refractivity contribution is 0.0792. The summed E-state index contributed by atoms with van der Waals surface area (Å²) in [6.45, 7) is 6.96. The number of carbonyl (C=O) groups is 1. The largest absolute Gasteiger partial charge is 0.493 e. The Morgan fingerprint density at radius 2 is 1.84 bits per heavy atom. The number of hydrogen-bond donors (Lipinski definition) is 2. The van der Waals surface area contributed by atoms with E-state index in [0.29, 0.717) is 30.0 Å². The third-order valence-electron chi connectivity index (χ3n) is 5.62. The van der Waals surface area contributed by atoms with E-state index >= 15 is 0 Å². The molecule has 0 atom stereocenters. The lowest BCUT2D eigenvalue weighted by atomic mass is 10.0. The molecule has 1 amide bonds. The van der Waals surface area contributed by atoms with Crippen LogP contribution in [0, 0.1) is 0 Å². The molecule has 6 heteroatoms. The number of nitrogens with one attached hydrogen (secondary N) is 1. The molecule has 1 aliphatic heterocycles. The Balaban J connectivity index is 1.60. The van der Waals surface area contributed by atoms with Crippen LogP contribution in [0.1, 0.15) is 39.9 Å². The SMILES string of the molecule is C=CCc1cc(C(=O)NCc2ccc(CN3CCC(O)CC3)cc2)cc(OC)c1OC. The van der Waals surface area contributed by atoms with Gasteiger partial charge in [-0.15, -0.1) is 6.58 Å². The molecule has 3 rings (SSSR count). The Bertz CT molecular complexity index is 887. The maximum atomic E-state index is 12.7. The van der Waals surface area contributed by atoms with Gasteiger partial charge in [0.25, 0.3) is 5.91 Å². The van der Waals surface area contributed by atoms with Gasteiger partial charge >= 0.3 is 0 Å². The molecule has 166 valence electrons. The van der Waals surface area contributed by atoms with Gasteiger partial charge in [-0.25, -0.2) is 0 Å². The number of carbonyl (C=O) groups excluding carboxylic acids is 1. The van der Waals surface area contributed by atoms with E-state index < -0.39 is 0 Å². The first-order chi connectivity index (χ1) is 15.0. The molecule has 1 aliphatic rings. The van der Waals surface area contributed by atoms with E-state index in [9.17, 15) is 9.90 Å². The van der Waals surface area contributed by atoms with Gasteiger partial charge in [0.15, 0.2) is 11.5 Å². The van der Waals surface area contributed by atoms with E-state index in [2.05, 4.69) is 28.9 Å². The molecule has 0 aromatic heterocycles. The Kier molecular flexibility index (Phi) is 8.09. The highest BCUT2D eigenvalue weighted by atomic mass is 16.5. The summed E-state index contributed by atoms with van der Waals surface area (Å²) in [6, 6.07) is 11.8. The molecule has 0 bridgehead atoms. The molecule has 0 aliphatic carbocycles. The molecule has 0 unspecified atom stereocenters. The van der Waals surface area contributed by atoms with Gasteiger partial charge in [-0.1, -0.05) is 30.3 Å². The van der Waals surface area contributed by atoms with Crippen LogP contribution in [0.2, 0.25) is 0 Å². The number of hydrogen-bond acceptors (Lipinski definition) is 5. The Morgan fingerprint density at radius 1 is 1.16 bits per heavy atom. The average molecular weight is 425 g/mol. The van der Waals surface area contributed by atoms with Crippen LogP contribution >= 0.6 is 0 Å². The summed E-state index contributed by atoms with van der Waals surface area (Å²) in [6.07, 6.45) is 3.88. The number of benzene rings is 2. The summed E-state index contributed by atoms with van der Waals surface area (Å²) in [5, 5.41) is 12.6. The topological polar surface area (TPSA) is 71.0 Å². The first kappa shape index (κ1) is 22.8. The number of aliphatic hydroxyl groups excluding tert-OH is 1. The van der Waals surface area contributed by atoms with Crippen molar-refractivity contribution in [2.75, 3.05) is 27.3 Å². The molecule has 1 fully saturated rings. The monoisotopic (exact) mass is 424 g/mol. The zero-order valence-corrected chi connectivity index (χ0v) is 18.4. The van der Waals surface area contributed by atoms with E-state index in [-0.39, 0.29) is 12.0 Å². The number of methoxy groups -OCH3 is 2. The predicted octanol–water partition coefficient (Wildman–Crippen LogP) is 3.32. The van der Waals surface area contributed by atoms with Gasteiger partial charge < -0.3 is 19.9 Å². The Labute approximate surface area is 184 Å². The summed E-state index contributed by atoms with van der Waals surface area (Å²) in [4.78, 5) is 15.1. The van der Waals surface area contributed by atoms with E-state index in [1.807, 2.05) is 18.2 Å². The maximum Gasteiger partial charge on any atom is 0.251 e. The van der Waals surface area contributed by atoms with Gasteiger partial charge in [0, 0.05) is 37.3 Å². The smallest absolute Gasteiger partial charge is 0.251 e. The third kappa shape index (κ3) is 6.09. The fourth-order valence-electron chi connectivity index (χ4n) is 3.86. The molecule has 2 aromatic rings. The third-order valence-corrected chi connectivity index (χ3v) is 5.62. The van der Waals surface area contributed by atoms with E-state index in [1.54, 1.807) is 26.4 Å². The van der Waals surface area contributed by atoms with Crippen LogP contribution in [0.5, 0.6) is 11.5 Å². The second-order valence-corrected chi connectivity index (χ2v) is 7.87. The molecule has 31 heavy (non-hydrogen) atoms. The van der Waals surface area contributed by atoms with Gasteiger partial charge in [0.1, 0.15) is 0 Å². The summed E-state index contributed by atoms with van der Waals surface area (Å²) >= 11 is 0. The van der Waals surface area contributed by atoms with Crippen molar-refractivity contribution in [1.82, 2.24) is 10.2 Å².